The third-order valence-electron chi connectivity index (χ3n) is 4.20. The fourth-order valence-electron chi connectivity index (χ4n) is 3.06. The molecule has 5 heteroatoms. The Bertz CT molecular complexity index is 840. The minimum atomic E-state index is 0.757. The van der Waals surface area contributed by atoms with Crippen LogP contribution in [0.4, 0.5) is 11.4 Å². The number of imidazole rings is 1. The molecule has 112 valence electrons. The zero-order chi connectivity index (χ0) is 15.1. The Kier molecular flexibility index (Phi) is 2.92. The molecule has 0 atom stereocenters. The molecule has 0 amide bonds. The highest BCUT2D eigenvalue weighted by molar-refractivity contribution is 5.80. The van der Waals surface area contributed by atoms with E-state index in [0.29, 0.717) is 0 Å². The van der Waals surface area contributed by atoms with Gasteiger partial charge < -0.3 is 19.9 Å². The smallest absolute Gasteiger partial charge is 0.129 e. The van der Waals surface area contributed by atoms with Gasteiger partial charge in [0.1, 0.15) is 11.6 Å². The van der Waals surface area contributed by atoms with Crippen molar-refractivity contribution in [3.8, 4) is 5.75 Å². The maximum Gasteiger partial charge on any atom is 0.129 e. The number of nitrogens with zero attached hydrogens (tertiary/aromatic N) is 3. The maximum absolute atomic E-state index is 5.86. The van der Waals surface area contributed by atoms with Gasteiger partial charge in [-0.3, -0.25) is 0 Å². The number of methoxy groups -OCH3 is 1. The Morgan fingerprint density at radius 3 is 2.91 bits per heavy atom. The van der Waals surface area contributed by atoms with Crippen molar-refractivity contribution in [1.29, 1.82) is 0 Å². The average molecular weight is 294 g/mol. The zero-order valence-corrected chi connectivity index (χ0v) is 12.5. The number of aromatic nitrogens is 2. The van der Waals surface area contributed by atoms with E-state index in [1.54, 1.807) is 7.11 Å². The Hall–Kier alpha value is -2.69. The number of benzene rings is 2. The third-order valence-corrected chi connectivity index (χ3v) is 4.20. The number of rotatable bonds is 2. The molecule has 0 aliphatic carbocycles. The quantitative estimate of drug-likeness (QED) is 0.738. The van der Waals surface area contributed by atoms with E-state index >= 15 is 0 Å². The van der Waals surface area contributed by atoms with E-state index < -0.39 is 0 Å². The van der Waals surface area contributed by atoms with Crippen LogP contribution in [0, 0.1) is 0 Å². The summed E-state index contributed by atoms with van der Waals surface area (Å²) < 4.78 is 7.60. The Balaban J connectivity index is 1.70. The maximum atomic E-state index is 5.86. The van der Waals surface area contributed by atoms with Crippen LogP contribution in [-0.2, 0) is 13.1 Å². The number of hydrogen-bond donors (Lipinski definition) is 1. The molecule has 1 aliphatic heterocycles. The van der Waals surface area contributed by atoms with Gasteiger partial charge in [-0.1, -0.05) is 6.07 Å². The van der Waals surface area contributed by atoms with E-state index in [-0.39, 0.29) is 0 Å². The summed E-state index contributed by atoms with van der Waals surface area (Å²) in [5.74, 6) is 1.96. The van der Waals surface area contributed by atoms with Crippen molar-refractivity contribution in [3.63, 3.8) is 0 Å². The molecule has 0 radical (unpaired) electrons. The molecule has 1 aliphatic rings. The molecule has 0 fully saturated rings. The number of ether oxygens (including phenoxy) is 1. The minimum absolute atomic E-state index is 0.757. The number of hydrogen-bond acceptors (Lipinski definition) is 4. The van der Waals surface area contributed by atoms with Gasteiger partial charge in [-0.15, -0.1) is 0 Å². The standard InChI is InChI=1S/C17H18N4O/c1-22-14-4-2-3-13(10-14)20-7-8-21-16-6-5-12(18)9-15(16)19-17(21)11-20/h2-6,9-10H,7-8,11,18H2,1H3. The lowest BCUT2D eigenvalue weighted by atomic mass is 10.2. The molecule has 0 spiro atoms. The summed E-state index contributed by atoms with van der Waals surface area (Å²) in [6, 6.07) is 14.1. The Morgan fingerprint density at radius 2 is 2.05 bits per heavy atom. The first-order valence-corrected chi connectivity index (χ1v) is 7.38. The van der Waals surface area contributed by atoms with E-state index in [2.05, 4.69) is 27.7 Å². The minimum Gasteiger partial charge on any atom is -0.497 e. The molecule has 1 aromatic heterocycles. The van der Waals surface area contributed by atoms with Crippen LogP contribution in [0.1, 0.15) is 5.82 Å². The third kappa shape index (κ3) is 2.06. The van der Waals surface area contributed by atoms with Crippen molar-refractivity contribution >= 4 is 22.4 Å². The molecule has 3 aromatic rings. The number of anilines is 2. The lowest BCUT2D eigenvalue weighted by molar-refractivity contribution is 0.414. The van der Waals surface area contributed by atoms with Crippen LogP contribution in [0.25, 0.3) is 11.0 Å². The molecular formula is C17H18N4O. The molecule has 5 nitrogen and oxygen atoms in total. The average Bonchev–Trinajstić information content (AvgIpc) is 2.91. The molecule has 0 saturated carbocycles. The molecule has 0 bridgehead atoms. The highest BCUT2D eigenvalue weighted by Gasteiger charge is 2.20. The van der Waals surface area contributed by atoms with Gasteiger partial charge >= 0.3 is 0 Å². The van der Waals surface area contributed by atoms with Crippen molar-refractivity contribution in [2.75, 3.05) is 24.3 Å². The normalized spacial score (nSPS) is 14.1. The van der Waals surface area contributed by atoms with Crippen LogP contribution in [0.2, 0.25) is 0 Å². The molecule has 22 heavy (non-hydrogen) atoms. The molecule has 0 unspecified atom stereocenters. The van der Waals surface area contributed by atoms with Gasteiger partial charge in [-0.25, -0.2) is 4.98 Å². The van der Waals surface area contributed by atoms with Gasteiger partial charge in [0.2, 0.25) is 0 Å². The summed E-state index contributed by atoms with van der Waals surface area (Å²) in [6.07, 6.45) is 0. The predicted octanol–water partition coefficient (Wildman–Crippen LogP) is 2.65. The number of fused-ring (bicyclic) bond motifs is 3. The van der Waals surface area contributed by atoms with Crippen molar-refractivity contribution in [1.82, 2.24) is 9.55 Å². The highest BCUT2D eigenvalue weighted by atomic mass is 16.5. The molecule has 2 aromatic carbocycles. The van der Waals surface area contributed by atoms with Gasteiger partial charge in [0, 0.05) is 30.5 Å². The van der Waals surface area contributed by atoms with Gasteiger partial charge in [0.25, 0.3) is 0 Å². The molecule has 2 heterocycles. The summed E-state index contributed by atoms with van der Waals surface area (Å²) in [7, 11) is 1.69. The second-order valence-electron chi connectivity index (χ2n) is 5.55. The summed E-state index contributed by atoms with van der Waals surface area (Å²) >= 11 is 0. The lowest BCUT2D eigenvalue weighted by Crippen LogP contribution is -2.33. The van der Waals surface area contributed by atoms with Crippen molar-refractivity contribution in [2.24, 2.45) is 0 Å². The number of nitrogen functional groups attached to an aromatic ring is 1. The van der Waals surface area contributed by atoms with E-state index in [9.17, 15) is 0 Å². The van der Waals surface area contributed by atoms with Gasteiger partial charge in [-0.2, -0.15) is 0 Å². The van der Waals surface area contributed by atoms with E-state index in [1.807, 2.05) is 24.3 Å². The largest absolute Gasteiger partial charge is 0.497 e. The summed E-state index contributed by atoms with van der Waals surface area (Å²) in [4.78, 5) is 7.07. The van der Waals surface area contributed by atoms with Crippen LogP contribution in [0.5, 0.6) is 5.75 Å². The predicted molar refractivity (Wildman–Crippen MR) is 88.2 cm³/mol. The first kappa shape index (κ1) is 13.0. The van der Waals surface area contributed by atoms with E-state index in [4.69, 9.17) is 15.5 Å². The zero-order valence-electron chi connectivity index (χ0n) is 12.5. The Labute approximate surface area is 128 Å². The van der Waals surface area contributed by atoms with Gasteiger partial charge in [-0.05, 0) is 30.3 Å². The van der Waals surface area contributed by atoms with Crippen LogP contribution in [-0.4, -0.2) is 23.2 Å². The molecular weight excluding hydrogens is 276 g/mol. The Morgan fingerprint density at radius 1 is 1.14 bits per heavy atom. The summed E-state index contributed by atoms with van der Waals surface area (Å²) in [6.45, 7) is 2.67. The molecule has 4 rings (SSSR count). The second-order valence-corrected chi connectivity index (χ2v) is 5.55. The molecule has 0 saturated heterocycles. The molecule has 2 N–H and O–H groups in total. The van der Waals surface area contributed by atoms with E-state index in [1.165, 1.54) is 0 Å². The van der Waals surface area contributed by atoms with Crippen LogP contribution >= 0.6 is 0 Å². The summed E-state index contributed by atoms with van der Waals surface area (Å²) in [5.41, 5.74) is 9.92. The van der Waals surface area contributed by atoms with Crippen LogP contribution in [0.3, 0.4) is 0 Å². The van der Waals surface area contributed by atoms with Crippen molar-refractivity contribution < 1.29 is 4.74 Å². The first-order valence-electron chi connectivity index (χ1n) is 7.38. The van der Waals surface area contributed by atoms with Crippen molar-refractivity contribution in [2.45, 2.75) is 13.1 Å². The van der Waals surface area contributed by atoms with Crippen LogP contribution in [0.15, 0.2) is 42.5 Å². The monoisotopic (exact) mass is 294 g/mol. The summed E-state index contributed by atoms with van der Waals surface area (Å²) in [5, 5.41) is 0. The SMILES string of the molecule is COc1cccc(N2CCn3c(nc4cc(N)ccc43)C2)c1. The van der Waals surface area contributed by atoms with Gasteiger partial charge in [0.05, 0.1) is 24.7 Å². The van der Waals surface area contributed by atoms with E-state index in [0.717, 1.165) is 53.6 Å². The van der Waals surface area contributed by atoms with Gasteiger partial charge in [0.15, 0.2) is 0 Å². The fourth-order valence-corrected chi connectivity index (χ4v) is 3.06. The second kappa shape index (κ2) is 4.94. The highest BCUT2D eigenvalue weighted by Crippen LogP contribution is 2.27. The number of nitrogens with two attached hydrogens (primary N) is 1. The van der Waals surface area contributed by atoms with Crippen LogP contribution < -0.4 is 15.4 Å². The first-order chi connectivity index (χ1) is 10.7. The lowest BCUT2D eigenvalue weighted by Gasteiger charge is -2.30. The van der Waals surface area contributed by atoms with Crippen molar-refractivity contribution in [3.05, 3.63) is 48.3 Å². The fraction of sp³-hybridized carbons (Fsp3) is 0.235. The topological polar surface area (TPSA) is 56.3 Å².